The van der Waals surface area contributed by atoms with Gasteiger partial charge < -0.3 is 23.7 Å². The molecule has 0 aromatic heterocycles. The van der Waals surface area contributed by atoms with Gasteiger partial charge in [-0.15, -0.1) is 0 Å². The molecule has 1 aromatic carbocycles. The zero-order valence-electron chi connectivity index (χ0n) is 26.9. The van der Waals surface area contributed by atoms with Gasteiger partial charge in [-0.25, -0.2) is 4.79 Å². The van der Waals surface area contributed by atoms with Gasteiger partial charge in [-0.2, -0.15) is 0 Å². The lowest BCUT2D eigenvalue weighted by Crippen LogP contribution is -2.71. The fraction of sp³-hybridized carbons (Fsp3) is 0.571. The fourth-order valence-corrected chi connectivity index (χ4v) is 8.55. The van der Waals surface area contributed by atoms with Crippen molar-refractivity contribution in [3.05, 3.63) is 53.6 Å². The van der Waals surface area contributed by atoms with E-state index in [1.54, 1.807) is 13.0 Å². The third-order valence-corrected chi connectivity index (χ3v) is 10.6. The molecule has 3 fully saturated rings. The first-order chi connectivity index (χ1) is 21.1. The molecule has 1 saturated heterocycles. The average Bonchev–Trinajstić information content (AvgIpc) is 3.63. The smallest absolute Gasteiger partial charge is 0.331 e. The molecule has 8 atom stereocenters. The molecule has 1 heterocycles. The summed E-state index contributed by atoms with van der Waals surface area (Å²) < 4.78 is 30.4. The molecular weight excluding hydrogens is 580 g/mol. The van der Waals surface area contributed by atoms with Crippen molar-refractivity contribution in [2.75, 3.05) is 6.61 Å². The van der Waals surface area contributed by atoms with Crippen molar-refractivity contribution in [3.63, 3.8) is 0 Å². The van der Waals surface area contributed by atoms with Crippen LogP contribution in [0.25, 0.3) is 6.08 Å². The standard InChI is InChI=1S/C35H42O10/c1-20(36)42-29-25-18-26(39)34(7)35(45-34,32(25,4)5)31(44-22(3)38)30(43-21(2)37)33(6)17-11-14-24(28(29)33)19-41-27(40)16-15-23-12-9-8-10-13-23/h8-10,12-16,25,28-31H,11,17-19H2,1-7H3/t25-,28?,29+,30-,31-,33+,34+,35-/m0/s1. The van der Waals surface area contributed by atoms with Crippen LogP contribution in [0.3, 0.4) is 0 Å². The van der Waals surface area contributed by atoms with Crippen LogP contribution in [0.15, 0.2) is 48.1 Å². The lowest BCUT2D eigenvalue weighted by molar-refractivity contribution is -0.226. The van der Waals surface area contributed by atoms with Gasteiger partial charge in [0.25, 0.3) is 0 Å². The van der Waals surface area contributed by atoms with Crippen molar-refractivity contribution in [3.8, 4) is 0 Å². The maximum absolute atomic E-state index is 13.8. The number of carbonyl (C=O) groups is 5. The third-order valence-electron chi connectivity index (χ3n) is 10.6. The van der Waals surface area contributed by atoms with E-state index in [1.165, 1.54) is 26.8 Å². The summed E-state index contributed by atoms with van der Waals surface area (Å²) in [7, 11) is 0. The summed E-state index contributed by atoms with van der Waals surface area (Å²) in [6, 6.07) is 9.33. The molecule has 1 aromatic rings. The number of ketones is 1. The van der Waals surface area contributed by atoms with E-state index in [1.807, 2.05) is 57.2 Å². The van der Waals surface area contributed by atoms with Gasteiger partial charge in [-0.05, 0) is 37.0 Å². The number of allylic oxidation sites excluding steroid dienone is 1. The van der Waals surface area contributed by atoms with Crippen LogP contribution in [0.1, 0.15) is 73.3 Å². The molecule has 1 spiro atoms. The van der Waals surface area contributed by atoms with Gasteiger partial charge >= 0.3 is 23.9 Å². The van der Waals surface area contributed by atoms with Gasteiger partial charge in [0.2, 0.25) is 0 Å². The number of hydrogen-bond acceptors (Lipinski definition) is 10. The summed E-state index contributed by atoms with van der Waals surface area (Å²) >= 11 is 0. The van der Waals surface area contributed by atoms with E-state index in [9.17, 15) is 24.0 Å². The Labute approximate surface area is 263 Å². The first-order valence-electron chi connectivity index (χ1n) is 15.4. The van der Waals surface area contributed by atoms with Crippen molar-refractivity contribution in [2.24, 2.45) is 22.7 Å². The highest BCUT2D eigenvalue weighted by atomic mass is 16.7. The molecule has 3 aliphatic carbocycles. The van der Waals surface area contributed by atoms with E-state index in [-0.39, 0.29) is 18.8 Å². The second kappa shape index (κ2) is 11.5. The minimum absolute atomic E-state index is 0.0493. The van der Waals surface area contributed by atoms with Crippen LogP contribution in [0.5, 0.6) is 0 Å². The number of Topliss-reactive ketones (excluding diaryl/α,β-unsaturated/α-hetero) is 1. The third kappa shape index (κ3) is 5.30. The predicted molar refractivity (Wildman–Crippen MR) is 161 cm³/mol. The van der Waals surface area contributed by atoms with E-state index >= 15 is 0 Å². The molecule has 5 rings (SSSR count). The van der Waals surface area contributed by atoms with E-state index in [4.69, 9.17) is 23.7 Å². The molecule has 45 heavy (non-hydrogen) atoms. The first kappa shape index (κ1) is 32.6. The molecule has 1 unspecified atom stereocenters. The number of fused-ring (bicyclic) bond motifs is 2. The molecule has 2 bridgehead atoms. The Balaban J connectivity index is 1.62. The fourth-order valence-electron chi connectivity index (χ4n) is 8.55. The quantitative estimate of drug-likeness (QED) is 0.140. The Morgan fingerprint density at radius 3 is 2.16 bits per heavy atom. The summed E-state index contributed by atoms with van der Waals surface area (Å²) in [6.07, 6.45) is 2.87. The molecule has 2 saturated carbocycles. The van der Waals surface area contributed by atoms with E-state index in [0.29, 0.717) is 18.4 Å². The number of rotatable bonds is 7. The van der Waals surface area contributed by atoms with Crippen LogP contribution < -0.4 is 0 Å². The van der Waals surface area contributed by atoms with Crippen LogP contribution in [-0.4, -0.2) is 65.8 Å². The second-order valence-electron chi connectivity index (χ2n) is 13.6. The van der Waals surface area contributed by atoms with Crippen molar-refractivity contribution < 1.29 is 47.7 Å². The Bertz CT molecular complexity index is 1460. The molecular formula is C35H42O10. The van der Waals surface area contributed by atoms with Crippen molar-refractivity contribution in [2.45, 2.75) is 97.2 Å². The van der Waals surface area contributed by atoms with Crippen molar-refractivity contribution >= 4 is 35.7 Å². The monoisotopic (exact) mass is 622 g/mol. The van der Waals surface area contributed by atoms with Crippen LogP contribution >= 0.6 is 0 Å². The zero-order chi connectivity index (χ0) is 32.9. The second-order valence-corrected chi connectivity index (χ2v) is 13.6. The summed E-state index contributed by atoms with van der Waals surface area (Å²) in [6.45, 7) is 11.2. The van der Waals surface area contributed by atoms with Gasteiger partial charge in [0.05, 0.1) is 0 Å². The minimum atomic E-state index is -1.35. The van der Waals surface area contributed by atoms with Crippen molar-refractivity contribution in [1.29, 1.82) is 0 Å². The highest BCUT2D eigenvalue weighted by molar-refractivity contribution is 5.94. The number of epoxide rings is 1. The molecule has 10 nitrogen and oxygen atoms in total. The molecule has 10 heteroatoms. The first-order valence-corrected chi connectivity index (χ1v) is 15.4. The Hall–Kier alpha value is -3.79. The minimum Gasteiger partial charge on any atom is -0.462 e. The van der Waals surface area contributed by atoms with Gasteiger partial charge in [-0.1, -0.05) is 57.2 Å². The Morgan fingerprint density at radius 2 is 1.53 bits per heavy atom. The predicted octanol–water partition coefficient (Wildman–Crippen LogP) is 4.54. The summed E-state index contributed by atoms with van der Waals surface area (Å²) in [4.78, 5) is 64.9. The number of hydrogen-bond donors (Lipinski definition) is 0. The van der Waals surface area contributed by atoms with Gasteiger partial charge in [0, 0.05) is 55.9 Å². The summed E-state index contributed by atoms with van der Waals surface area (Å²) in [5, 5.41) is 0. The van der Waals surface area contributed by atoms with Crippen molar-refractivity contribution in [1.82, 2.24) is 0 Å². The largest absolute Gasteiger partial charge is 0.462 e. The number of carbonyl (C=O) groups excluding carboxylic acids is 5. The normalized spacial score (nSPS) is 36.3. The van der Waals surface area contributed by atoms with Crippen LogP contribution in [0, 0.1) is 22.7 Å². The topological polar surface area (TPSA) is 135 Å². The van der Waals surface area contributed by atoms with Crippen LogP contribution in [0.2, 0.25) is 0 Å². The molecule has 0 amide bonds. The van der Waals surface area contributed by atoms with E-state index < -0.39 is 76.1 Å². The van der Waals surface area contributed by atoms with Crippen LogP contribution in [-0.2, 0) is 47.7 Å². The lowest BCUT2D eigenvalue weighted by atomic mass is 9.46. The Kier molecular flexibility index (Phi) is 8.36. The van der Waals surface area contributed by atoms with E-state index in [2.05, 4.69) is 0 Å². The molecule has 242 valence electrons. The SMILES string of the molecule is CC(=O)O[C@H]1C2C(COC(=O)C=Cc3ccccc3)=CCC[C@@]2(C)[C@@H](OC(C)=O)[C@H](OC(C)=O)[C@@]23O[C@]2(C)C(=O)C[C@@H]1C3(C)C. The summed E-state index contributed by atoms with van der Waals surface area (Å²) in [5.74, 6) is -3.78. The average molecular weight is 623 g/mol. The lowest BCUT2D eigenvalue weighted by Gasteiger charge is -2.59. The molecule has 0 N–H and O–H groups in total. The maximum atomic E-state index is 13.8. The van der Waals surface area contributed by atoms with Gasteiger partial charge in [-0.3, -0.25) is 19.2 Å². The zero-order valence-corrected chi connectivity index (χ0v) is 26.9. The van der Waals surface area contributed by atoms with Gasteiger partial charge in [0.15, 0.2) is 23.1 Å². The van der Waals surface area contributed by atoms with Crippen LogP contribution in [0.4, 0.5) is 0 Å². The molecule has 4 aliphatic rings. The molecule has 0 radical (unpaired) electrons. The highest BCUT2D eigenvalue weighted by Crippen LogP contribution is 2.72. The number of benzene rings is 1. The van der Waals surface area contributed by atoms with Gasteiger partial charge in [0.1, 0.15) is 18.8 Å². The number of ether oxygens (including phenoxy) is 5. The number of esters is 4. The summed E-state index contributed by atoms with van der Waals surface area (Å²) in [5.41, 5.74) is -3.05. The highest BCUT2D eigenvalue weighted by Gasteiger charge is 2.88. The maximum Gasteiger partial charge on any atom is 0.331 e. The molecule has 1 aliphatic heterocycles. The Morgan fingerprint density at radius 1 is 0.911 bits per heavy atom. The van der Waals surface area contributed by atoms with E-state index in [0.717, 1.165) is 5.56 Å².